The van der Waals surface area contributed by atoms with Gasteiger partial charge in [-0.15, -0.1) is 0 Å². The van der Waals surface area contributed by atoms with Crippen LogP contribution < -0.4 is 16.3 Å². The average Bonchev–Trinajstić information content (AvgIpc) is 2.55. The van der Waals surface area contributed by atoms with E-state index in [0.717, 1.165) is 0 Å². The van der Waals surface area contributed by atoms with Gasteiger partial charge in [-0.3, -0.25) is 9.59 Å². The van der Waals surface area contributed by atoms with Crippen LogP contribution in [0, 0.1) is 0 Å². The predicted octanol–water partition coefficient (Wildman–Crippen LogP) is 3.66. The summed E-state index contributed by atoms with van der Waals surface area (Å²) in [5.74, 6) is -0.842. The zero-order chi connectivity index (χ0) is 18.0. The molecule has 3 aromatic rings. The molecule has 7 heteroatoms. The minimum atomic E-state index is -0.781. The van der Waals surface area contributed by atoms with Gasteiger partial charge in [0.15, 0.2) is 5.58 Å². The van der Waals surface area contributed by atoms with Gasteiger partial charge in [-0.2, -0.15) is 0 Å². The molecule has 126 valence electrons. The number of carbonyl (C=O) groups is 2. The summed E-state index contributed by atoms with van der Waals surface area (Å²) >= 11 is 5.98. The van der Waals surface area contributed by atoms with Crippen molar-refractivity contribution in [1.29, 1.82) is 0 Å². The molecule has 0 aliphatic carbocycles. The van der Waals surface area contributed by atoms with Gasteiger partial charge in [0.25, 0.3) is 5.91 Å². The van der Waals surface area contributed by atoms with E-state index in [0.29, 0.717) is 21.8 Å². The van der Waals surface area contributed by atoms with E-state index in [1.807, 2.05) is 0 Å². The molecule has 2 amide bonds. The lowest BCUT2D eigenvalue weighted by Crippen LogP contribution is -2.20. The summed E-state index contributed by atoms with van der Waals surface area (Å²) in [6.07, 6.45) is 0. The molecular weight excluding hydrogens is 344 g/mol. The third kappa shape index (κ3) is 3.70. The number of para-hydroxylation sites is 1. The number of rotatable bonds is 3. The Morgan fingerprint density at radius 2 is 1.68 bits per heavy atom. The first-order chi connectivity index (χ1) is 11.9. The molecule has 6 nitrogen and oxygen atoms in total. The Kier molecular flexibility index (Phi) is 4.54. The van der Waals surface area contributed by atoms with E-state index in [1.54, 1.807) is 42.5 Å². The Hall–Kier alpha value is -3.12. The minimum absolute atomic E-state index is 0.139. The van der Waals surface area contributed by atoms with E-state index in [2.05, 4.69) is 10.6 Å². The first-order valence-corrected chi connectivity index (χ1v) is 7.73. The molecule has 0 radical (unpaired) electrons. The Labute approximate surface area is 147 Å². The highest BCUT2D eigenvalue weighted by Gasteiger charge is 2.15. The summed E-state index contributed by atoms with van der Waals surface area (Å²) in [6, 6.07) is 13.0. The predicted molar refractivity (Wildman–Crippen MR) is 96.2 cm³/mol. The fourth-order valence-corrected chi connectivity index (χ4v) is 2.56. The van der Waals surface area contributed by atoms with Gasteiger partial charge in [0.1, 0.15) is 5.56 Å². The monoisotopic (exact) mass is 356 g/mol. The van der Waals surface area contributed by atoms with Crippen molar-refractivity contribution in [1.82, 2.24) is 0 Å². The number of hydrogen-bond donors (Lipinski definition) is 2. The first kappa shape index (κ1) is 16.7. The van der Waals surface area contributed by atoms with E-state index >= 15 is 0 Å². The van der Waals surface area contributed by atoms with Crippen LogP contribution in [0.2, 0.25) is 5.02 Å². The summed E-state index contributed by atoms with van der Waals surface area (Å²) in [5, 5.41) is 6.07. The number of hydrogen-bond acceptors (Lipinski definition) is 4. The van der Waals surface area contributed by atoms with Crippen molar-refractivity contribution in [2.45, 2.75) is 6.92 Å². The number of benzene rings is 2. The van der Waals surface area contributed by atoms with Crippen LogP contribution in [0.5, 0.6) is 0 Å². The highest BCUT2D eigenvalue weighted by atomic mass is 35.5. The van der Waals surface area contributed by atoms with E-state index < -0.39 is 11.5 Å². The molecule has 0 spiro atoms. The maximum Gasteiger partial charge on any atom is 0.349 e. The van der Waals surface area contributed by atoms with Crippen LogP contribution in [0.4, 0.5) is 11.4 Å². The van der Waals surface area contributed by atoms with Gasteiger partial charge in [0.05, 0.1) is 5.02 Å². The van der Waals surface area contributed by atoms with Crippen molar-refractivity contribution < 1.29 is 14.0 Å². The number of amides is 2. The van der Waals surface area contributed by atoms with Crippen LogP contribution in [-0.4, -0.2) is 11.8 Å². The molecule has 2 N–H and O–H groups in total. The summed E-state index contributed by atoms with van der Waals surface area (Å²) in [4.78, 5) is 35.6. The van der Waals surface area contributed by atoms with Crippen LogP contribution >= 0.6 is 11.6 Å². The van der Waals surface area contributed by atoms with Crippen LogP contribution in [0.25, 0.3) is 11.0 Å². The minimum Gasteiger partial charge on any atom is -0.421 e. The molecule has 0 atom stereocenters. The normalized spacial score (nSPS) is 10.5. The highest BCUT2D eigenvalue weighted by Crippen LogP contribution is 2.23. The van der Waals surface area contributed by atoms with Crippen molar-refractivity contribution in [3.05, 3.63) is 69.5 Å². The molecular formula is C18H13ClN2O4. The van der Waals surface area contributed by atoms with Gasteiger partial charge in [-0.25, -0.2) is 4.79 Å². The molecule has 0 fully saturated rings. The van der Waals surface area contributed by atoms with Crippen LogP contribution in [0.3, 0.4) is 0 Å². The molecule has 0 saturated heterocycles. The van der Waals surface area contributed by atoms with Crippen LogP contribution in [-0.2, 0) is 4.79 Å². The molecule has 0 aliphatic heterocycles. The van der Waals surface area contributed by atoms with Gasteiger partial charge >= 0.3 is 5.63 Å². The van der Waals surface area contributed by atoms with Gasteiger partial charge in [-0.1, -0.05) is 29.8 Å². The highest BCUT2D eigenvalue weighted by molar-refractivity contribution is 6.34. The van der Waals surface area contributed by atoms with Crippen molar-refractivity contribution in [2.75, 3.05) is 10.6 Å². The molecule has 0 bridgehead atoms. The lowest BCUT2D eigenvalue weighted by Gasteiger charge is -2.08. The number of nitrogens with one attached hydrogen (secondary N) is 2. The second kappa shape index (κ2) is 6.78. The molecule has 0 unspecified atom stereocenters. The summed E-state index contributed by atoms with van der Waals surface area (Å²) in [5.41, 5.74) is 0.277. The summed E-state index contributed by atoms with van der Waals surface area (Å²) in [6.45, 7) is 1.39. The molecule has 3 rings (SSSR count). The van der Waals surface area contributed by atoms with Gasteiger partial charge < -0.3 is 15.1 Å². The molecule has 0 aliphatic rings. The average molecular weight is 357 g/mol. The number of carbonyl (C=O) groups excluding carboxylic acids is 2. The molecule has 2 aromatic carbocycles. The lowest BCUT2D eigenvalue weighted by molar-refractivity contribution is -0.114. The maximum absolute atomic E-state index is 12.4. The Morgan fingerprint density at radius 1 is 1.00 bits per heavy atom. The van der Waals surface area contributed by atoms with E-state index in [-0.39, 0.29) is 17.1 Å². The van der Waals surface area contributed by atoms with Crippen molar-refractivity contribution in [3.63, 3.8) is 0 Å². The maximum atomic E-state index is 12.4. The topological polar surface area (TPSA) is 88.4 Å². The second-order valence-corrected chi connectivity index (χ2v) is 5.73. The SMILES string of the molecule is CC(=O)Nc1cccc(NC(=O)c2cc3cccc(Cl)c3oc2=O)c1. The number of anilines is 2. The Morgan fingerprint density at radius 3 is 2.40 bits per heavy atom. The van der Waals surface area contributed by atoms with Crippen LogP contribution in [0.15, 0.2) is 57.7 Å². The molecule has 25 heavy (non-hydrogen) atoms. The standard InChI is InChI=1S/C18H13ClN2O4/c1-10(22)20-12-5-3-6-13(9-12)21-17(23)14-8-11-4-2-7-15(19)16(11)25-18(14)24/h2-9H,1H3,(H,20,22)(H,21,23). The largest absolute Gasteiger partial charge is 0.421 e. The fourth-order valence-electron chi connectivity index (χ4n) is 2.34. The zero-order valence-corrected chi connectivity index (χ0v) is 13.9. The molecule has 0 saturated carbocycles. The smallest absolute Gasteiger partial charge is 0.349 e. The molecule has 1 aromatic heterocycles. The van der Waals surface area contributed by atoms with Crippen molar-refractivity contribution >= 4 is 45.8 Å². The first-order valence-electron chi connectivity index (χ1n) is 7.35. The van der Waals surface area contributed by atoms with E-state index in [4.69, 9.17) is 16.0 Å². The zero-order valence-electron chi connectivity index (χ0n) is 13.1. The lowest BCUT2D eigenvalue weighted by atomic mass is 10.1. The van der Waals surface area contributed by atoms with Gasteiger partial charge in [-0.05, 0) is 30.3 Å². The summed E-state index contributed by atoms with van der Waals surface area (Å²) in [7, 11) is 0. The number of halogens is 1. The van der Waals surface area contributed by atoms with E-state index in [1.165, 1.54) is 13.0 Å². The van der Waals surface area contributed by atoms with Gasteiger partial charge in [0.2, 0.25) is 5.91 Å². The molecule has 1 heterocycles. The van der Waals surface area contributed by atoms with Crippen molar-refractivity contribution in [3.8, 4) is 0 Å². The fraction of sp³-hybridized carbons (Fsp3) is 0.0556. The quantitative estimate of drug-likeness (QED) is 0.701. The second-order valence-electron chi connectivity index (χ2n) is 5.32. The van der Waals surface area contributed by atoms with Crippen LogP contribution in [0.1, 0.15) is 17.3 Å². The third-order valence-corrected chi connectivity index (χ3v) is 3.70. The van der Waals surface area contributed by atoms with E-state index in [9.17, 15) is 14.4 Å². The third-order valence-electron chi connectivity index (χ3n) is 3.40. The Bertz CT molecular complexity index is 1040. The van der Waals surface area contributed by atoms with Gasteiger partial charge in [0, 0.05) is 23.7 Å². The summed E-state index contributed by atoms with van der Waals surface area (Å²) < 4.78 is 5.15. The Balaban J connectivity index is 1.91. The number of fused-ring (bicyclic) bond motifs is 1. The van der Waals surface area contributed by atoms with Crippen molar-refractivity contribution in [2.24, 2.45) is 0 Å².